The fraction of sp³-hybridized carbons (Fsp3) is 0.400. The van der Waals surface area contributed by atoms with Gasteiger partial charge in [0.1, 0.15) is 0 Å². The van der Waals surface area contributed by atoms with Crippen LogP contribution in [0.4, 0.5) is 0 Å². The third-order valence-corrected chi connectivity index (χ3v) is 3.12. The number of carbonyl (C=O) groups excluding carboxylic acids is 1. The van der Waals surface area contributed by atoms with Crippen LogP contribution in [0.25, 0.3) is 0 Å². The summed E-state index contributed by atoms with van der Waals surface area (Å²) in [5.41, 5.74) is -0.955. The zero-order valence-corrected chi connectivity index (χ0v) is 8.96. The zero-order valence-electron chi connectivity index (χ0n) is 8.96. The quantitative estimate of drug-likeness (QED) is 0.622. The lowest BCUT2D eigenvalue weighted by atomic mass is 10.2. The van der Waals surface area contributed by atoms with Gasteiger partial charge in [-0.05, 0) is 6.42 Å². The van der Waals surface area contributed by atoms with Crippen molar-refractivity contribution >= 4 is 5.91 Å². The number of nitrogens with zero attached hydrogens (tertiary/aromatic N) is 3. The Hall–Kier alpha value is -2.02. The highest BCUT2D eigenvalue weighted by atomic mass is 16.3. The van der Waals surface area contributed by atoms with Gasteiger partial charge < -0.3 is 14.8 Å². The third kappa shape index (κ3) is 1.26. The van der Waals surface area contributed by atoms with E-state index in [1.54, 1.807) is 0 Å². The van der Waals surface area contributed by atoms with Crippen LogP contribution in [0.15, 0.2) is 11.0 Å². The van der Waals surface area contributed by atoms with Crippen molar-refractivity contribution in [1.82, 2.24) is 14.6 Å². The van der Waals surface area contributed by atoms with Crippen molar-refractivity contribution in [3.8, 4) is 11.5 Å². The molecule has 90 valence electrons. The fourth-order valence-corrected chi connectivity index (χ4v) is 2.31. The molecule has 1 fully saturated rings. The first-order valence-corrected chi connectivity index (χ1v) is 5.31. The molecule has 1 amide bonds. The molecule has 17 heavy (non-hydrogen) atoms. The number of hydrazine groups is 1. The maximum Gasteiger partial charge on any atom is 0.288 e. The molecule has 1 aromatic heterocycles. The van der Waals surface area contributed by atoms with Crippen LogP contribution >= 0.6 is 0 Å². The minimum absolute atomic E-state index is 0.0500. The maximum atomic E-state index is 12.1. The topological polar surface area (TPSA) is 86.0 Å². The van der Waals surface area contributed by atoms with Crippen LogP contribution in [0, 0.1) is 0 Å². The number of aromatic hydroxyl groups is 2. The van der Waals surface area contributed by atoms with E-state index in [-0.39, 0.29) is 5.69 Å². The molecule has 0 aromatic carbocycles. The number of hydrogen-bond acceptors (Lipinski definition) is 5. The van der Waals surface area contributed by atoms with E-state index in [9.17, 15) is 19.8 Å². The number of rotatable bonds is 0. The van der Waals surface area contributed by atoms with Gasteiger partial charge in [0.2, 0.25) is 0 Å². The lowest BCUT2D eigenvalue weighted by Crippen LogP contribution is -2.48. The molecule has 0 radical (unpaired) electrons. The van der Waals surface area contributed by atoms with Crippen molar-refractivity contribution in [3.05, 3.63) is 22.1 Å². The van der Waals surface area contributed by atoms with Gasteiger partial charge in [-0.1, -0.05) is 0 Å². The smallest absolute Gasteiger partial charge is 0.288 e. The van der Waals surface area contributed by atoms with E-state index < -0.39 is 22.8 Å². The number of pyridine rings is 1. The van der Waals surface area contributed by atoms with E-state index in [4.69, 9.17) is 0 Å². The van der Waals surface area contributed by atoms with E-state index in [1.807, 2.05) is 5.01 Å². The van der Waals surface area contributed by atoms with Gasteiger partial charge in [-0.2, -0.15) is 5.01 Å². The third-order valence-electron chi connectivity index (χ3n) is 3.12. The maximum absolute atomic E-state index is 12.1. The van der Waals surface area contributed by atoms with Gasteiger partial charge in [-0.15, -0.1) is 0 Å². The lowest BCUT2D eigenvalue weighted by Gasteiger charge is -2.34. The van der Waals surface area contributed by atoms with Crippen LogP contribution in [-0.4, -0.2) is 43.8 Å². The highest BCUT2D eigenvalue weighted by Gasteiger charge is 2.36. The van der Waals surface area contributed by atoms with Crippen LogP contribution in [0.2, 0.25) is 0 Å². The molecule has 1 saturated heterocycles. The largest absolute Gasteiger partial charge is 0.503 e. The number of aromatic nitrogens is 1. The SMILES string of the molecule is O=C1c2c(O)c(=O)c(O)cn2CN2CCCN12. The molecular weight excluding hydrogens is 226 g/mol. The molecule has 1 aromatic rings. The van der Waals surface area contributed by atoms with Crippen molar-refractivity contribution in [1.29, 1.82) is 0 Å². The summed E-state index contributed by atoms with van der Waals surface area (Å²) in [6.07, 6.45) is 2.04. The van der Waals surface area contributed by atoms with Gasteiger partial charge in [-0.25, -0.2) is 0 Å². The minimum Gasteiger partial charge on any atom is -0.503 e. The van der Waals surface area contributed by atoms with Crippen LogP contribution in [0.3, 0.4) is 0 Å². The van der Waals surface area contributed by atoms with Gasteiger partial charge >= 0.3 is 0 Å². The van der Waals surface area contributed by atoms with Crippen molar-refractivity contribution in [2.24, 2.45) is 0 Å². The standard InChI is InChI=1S/C10H11N3O4/c14-6-4-11-5-12-2-1-3-13(12)10(17)7(11)9(16)8(6)15/h4,14,16H,1-3,5H2. The molecule has 7 nitrogen and oxygen atoms in total. The zero-order chi connectivity index (χ0) is 12.2. The first-order valence-electron chi connectivity index (χ1n) is 5.31. The van der Waals surface area contributed by atoms with Gasteiger partial charge in [0.05, 0.1) is 12.9 Å². The monoisotopic (exact) mass is 237 g/mol. The second-order valence-electron chi connectivity index (χ2n) is 4.16. The first kappa shape index (κ1) is 10.2. The Morgan fingerprint density at radius 3 is 2.71 bits per heavy atom. The molecule has 2 aliphatic heterocycles. The molecule has 3 heterocycles. The summed E-state index contributed by atoms with van der Waals surface area (Å²) in [5, 5.41) is 22.3. The Morgan fingerprint density at radius 2 is 1.94 bits per heavy atom. The highest BCUT2D eigenvalue weighted by Crippen LogP contribution is 2.26. The van der Waals surface area contributed by atoms with E-state index in [1.165, 1.54) is 15.8 Å². The van der Waals surface area contributed by atoms with Crippen LogP contribution in [0.5, 0.6) is 11.5 Å². The predicted octanol–water partition coefficient (Wildman–Crippen LogP) is -0.707. The molecule has 0 spiro atoms. The molecular formula is C10H11N3O4. The molecule has 0 saturated carbocycles. The van der Waals surface area contributed by atoms with Crippen LogP contribution in [0.1, 0.15) is 16.9 Å². The average molecular weight is 237 g/mol. The Labute approximate surface area is 96.1 Å². The van der Waals surface area contributed by atoms with E-state index in [2.05, 4.69) is 0 Å². The molecule has 0 aliphatic carbocycles. The van der Waals surface area contributed by atoms with E-state index in [0.29, 0.717) is 13.2 Å². The van der Waals surface area contributed by atoms with Gasteiger partial charge in [-0.3, -0.25) is 14.6 Å². The second kappa shape index (κ2) is 3.24. The van der Waals surface area contributed by atoms with E-state index >= 15 is 0 Å². The molecule has 7 heteroatoms. The predicted molar refractivity (Wildman–Crippen MR) is 56.4 cm³/mol. The Balaban J connectivity index is 2.22. The summed E-state index contributed by atoms with van der Waals surface area (Å²) in [5.74, 6) is -1.63. The molecule has 2 aliphatic rings. The number of hydrogen-bond donors (Lipinski definition) is 2. The molecule has 0 atom stereocenters. The molecule has 0 bridgehead atoms. The van der Waals surface area contributed by atoms with Gasteiger partial charge in [0, 0.05) is 13.1 Å². The summed E-state index contributed by atoms with van der Waals surface area (Å²) in [6, 6.07) is 0. The van der Waals surface area contributed by atoms with Gasteiger partial charge in [0.15, 0.2) is 17.2 Å². The summed E-state index contributed by atoms with van der Waals surface area (Å²) in [7, 11) is 0. The fourth-order valence-electron chi connectivity index (χ4n) is 2.31. The first-order chi connectivity index (χ1) is 8.09. The second-order valence-corrected chi connectivity index (χ2v) is 4.16. The van der Waals surface area contributed by atoms with Crippen LogP contribution < -0.4 is 5.43 Å². The van der Waals surface area contributed by atoms with Crippen molar-refractivity contribution in [2.45, 2.75) is 13.1 Å². The van der Waals surface area contributed by atoms with Crippen molar-refractivity contribution in [2.75, 3.05) is 13.1 Å². The number of carbonyl (C=O) groups is 1. The summed E-state index contributed by atoms with van der Waals surface area (Å²) >= 11 is 0. The Kier molecular flexibility index (Phi) is 1.93. The van der Waals surface area contributed by atoms with Crippen molar-refractivity contribution in [3.63, 3.8) is 0 Å². The minimum atomic E-state index is -0.905. The lowest BCUT2D eigenvalue weighted by molar-refractivity contribution is -0.0102. The molecule has 0 unspecified atom stereocenters. The molecule has 2 N–H and O–H groups in total. The Bertz CT molecular complexity index is 565. The van der Waals surface area contributed by atoms with Crippen LogP contribution in [-0.2, 0) is 6.67 Å². The number of fused-ring (bicyclic) bond motifs is 2. The van der Waals surface area contributed by atoms with Crippen molar-refractivity contribution < 1.29 is 15.0 Å². The number of amides is 1. The molecule has 3 rings (SSSR count). The average Bonchev–Trinajstić information content (AvgIpc) is 2.74. The Morgan fingerprint density at radius 1 is 1.18 bits per heavy atom. The summed E-state index contributed by atoms with van der Waals surface area (Å²) in [4.78, 5) is 23.4. The highest BCUT2D eigenvalue weighted by molar-refractivity contribution is 5.95. The summed E-state index contributed by atoms with van der Waals surface area (Å²) < 4.78 is 1.40. The normalized spacial score (nSPS) is 19.3. The van der Waals surface area contributed by atoms with Gasteiger partial charge in [0.25, 0.3) is 11.3 Å². The summed E-state index contributed by atoms with van der Waals surface area (Å²) in [6.45, 7) is 1.69. The van der Waals surface area contributed by atoms with E-state index in [0.717, 1.165) is 13.0 Å².